The van der Waals surface area contributed by atoms with Gasteiger partial charge in [0.1, 0.15) is 6.04 Å². The van der Waals surface area contributed by atoms with Gasteiger partial charge in [-0.2, -0.15) is 0 Å². The molecule has 6 heteroatoms. The fraction of sp³-hybridized carbons (Fsp3) is 0.481. The molecule has 0 saturated heterocycles. The molecule has 0 bridgehead atoms. The van der Waals surface area contributed by atoms with E-state index in [2.05, 4.69) is 5.32 Å². The number of amides is 2. The molecular weight excluding hydrogens is 416 g/mol. The SMILES string of the molecule is CCNC(=O)[C@H](CC)N(Cc1ccccc1C)C(=O)CCc1ccc(OCC)c(OCC)c1. The average molecular weight is 455 g/mol. The van der Waals surface area contributed by atoms with E-state index < -0.39 is 6.04 Å². The zero-order chi connectivity index (χ0) is 24.2. The van der Waals surface area contributed by atoms with Crippen LogP contribution in [0.1, 0.15) is 57.2 Å². The van der Waals surface area contributed by atoms with Crippen molar-refractivity contribution in [2.45, 2.75) is 66.5 Å². The van der Waals surface area contributed by atoms with E-state index in [-0.39, 0.29) is 11.8 Å². The molecule has 0 aliphatic carbocycles. The van der Waals surface area contributed by atoms with Crippen molar-refractivity contribution in [1.29, 1.82) is 0 Å². The summed E-state index contributed by atoms with van der Waals surface area (Å²) in [6.07, 6.45) is 1.42. The van der Waals surface area contributed by atoms with E-state index in [0.29, 0.717) is 57.1 Å². The summed E-state index contributed by atoms with van der Waals surface area (Å²) in [5.41, 5.74) is 3.15. The van der Waals surface area contributed by atoms with Gasteiger partial charge in [-0.05, 0) is 69.4 Å². The minimum atomic E-state index is -0.503. The Morgan fingerprint density at radius 2 is 1.67 bits per heavy atom. The fourth-order valence-corrected chi connectivity index (χ4v) is 3.83. The van der Waals surface area contributed by atoms with Crippen LogP contribution in [0.15, 0.2) is 42.5 Å². The van der Waals surface area contributed by atoms with Crippen molar-refractivity contribution >= 4 is 11.8 Å². The van der Waals surface area contributed by atoms with Crippen LogP contribution < -0.4 is 14.8 Å². The molecule has 2 aromatic rings. The topological polar surface area (TPSA) is 67.9 Å². The molecule has 0 radical (unpaired) electrons. The lowest BCUT2D eigenvalue weighted by Crippen LogP contribution is -2.49. The van der Waals surface area contributed by atoms with Gasteiger partial charge in [0.05, 0.1) is 13.2 Å². The predicted molar refractivity (Wildman–Crippen MR) is 132 cm³/mol. The number of ether oxygens (including phenoxy) is 2. The minimum Gasteiger partial charge on any atom is -0.490 e. The first-order valence-electron chi connectivity index (χ1n) is 11.9. The standard InChI is InChI=1S/C27H38N2O4/c1-6-23(27(31)28-7-2)29(19-22-13-11-10-12-20(22)5)26(30)17-15-21-14-16-24(32-8-3)25(18-21)33-9-4/h10-14,16,18,23H,6-9,15,17,19H2,1-5H3,(H,28,31)/t23-/m0/s1. The molecule has 0 aliphatic heterocycles. The first kappa shape index (κ1) is 26.2. The van der Waals surface area contributed by atoms with Gasteiger partial charge >= 0.3 is 0 Å². The van der Waals surface area contributed by atoms with Gasteiger partial charge in [-0.25, -0.2) is 0 Å². The highest BCUT2D eigenvalue weighted by atomic mass is 16.5. The first-order valence-corrected chi connectivity index (χ1v) is 11.9. The Morgan fingerprint density at radius 1 is 0.970 bits per heavy atom. The van der Waals surface area contributed by atoms with Crippen LogP contribution in [0.2, 0.25) is 0 Å². The number of benzene rings is 2. The monoisotopic (exact) mass is 454 g/mol. The maximum Gasteiger partial charge on any atom is 0.242 e. The maximum atomic E-state index is 13.4. The molecule has 0 fully saturated rings. The molecular formula is C27H38N2O4. The molecule has 2 aromatic carbocycles. The second-order valence-electron chi connectivity index (χ2n) is 7.91. The number of carbonyl (C=O) groups is 2. The predicted octanol–water partition coefficient (Wildman–Crippen LogP) is 4.67. The Morgan fingerprint density at radius 3 is 2.30 bits per heavy atom. The number of aryl methyl sites for hydroxylation is 2. The van der Waals surface area contributed by atoms with Crippen molar-refractivity contribution in [3.8, 4) is 11.5 Å². The second-order valence-corrected chi connectivity index (χ2v) is 7.91. The third-order valence-electron chi connectivity index (χ3n) is 5.57. The van der Waals surface area contributed by atoms with Crippen molar-refractivity contribution in [2.24, 2.45) is 0 Å². The number of carbonyl (C=O) groups excluding carboxylic acids is 2. The van der Waals surface area contributed by atoms with Gasteiger partial charge in [-0.1, -0.05) is 37.3 Å². The van der Waals surface area contributed by atoms with Gasteiger partial charge in [0.2, 0.25) is 11.8 Å². The van der Waals surface area contributed by atoms with Crippen LogP contribution in [0.25, 0.3) is 0 Å². The van der Waals surface area contributed by atoms with E-state index >= 15 is 0 Å². The Kier molecular flexibility index (Phi) is 10.7. The summed E-state index contributed by atoms with van der Waals surface area (Å²) in [5.74, 6) is 1.25. The van der Waals surface area contributed by atoms with Gasteiger partial charge in [-0.15, -0.1) is 0 Å². The third-order valence-corrected chi connectivity index (χ3v) is 5.57. The minimum absolute atomic E-state index is 0.0387. The molecule has 2 rings (SSSR count). The molecule has 1 atom stereocenters. The Balaban J connectivity index is 2.22. The summed E-state index contributed by atoms with van der Waals surface area (Å²) >= 11 is 0. The summed E-state index contributed by atoms with van der Waals surface area (Å²) < 4.78 is 11.4. The van der Waals surface area contributed by atoms with Gasteiger partial charge in [0, 0.05) is 19.5 Å². The van der Waals surface area contributed by atoms with E-state index in [9.17, 15) is 9.59 Å². The van der Waals surface area contributed by atoms with Crippen molar-refractivity contribution < 1.29 is 19.1 Å². The van der Waals surface area contributed by atoms with Crippen LogP contribution in [0, 0.1) is 6.92 Å². The number of rotatable bonds is 13. The molecule has 6 nitrogen and oxygen atoms in total. The molecule has 180 valence electrons. The highest BCUT2D eigenvalue weighted by Gasteiger charge is 2.28. The van der Waals surface area contributed by atoms with Gasteiger partial charge in [0.25, 0.3) is 0 Å². The lowest BCUT2D eigenvalue weighted by Gasteiger charge is -2.31. The quantitative estimate of drug-likeness (QED) is 0.478. The number of hydrogen-bond acceptors (Lipinski definition) is 4. The first-order chi connectivity index (χ1) is 15.9. The molecule has 0 aliphatic rings. The Hall–Kier alpha value is -3.02. The number of hydrogen-bond donors (Lipinski definition) is 1. The summed E-state index contributed by atoms with van der Waals surface area (Å²) in [7, 11) is 0. The summed E-state index contributed by atoms with van der Waals surface area (Å²) in [6, 6.07) is 13.3. The van der Waals surface area contributed by atoms with Crippen LogP contribution in [-0.4, -0.2) is 42.5 Å². The zero-order valence-electron chi connectivity index (χ0n) is 20.6. The van der Waals surface area contributed by atoms with Crippen LogP contribution in [0.5, 0.6) is 11.5 Å². The lowest BCUT2D eigenvalue weighted by atomic mass is 10.0. The van der Waals surface area contributed by atoms with Crippen molar-refractivity contribution in [3.05, 3.63) is 59.2 Å². The second kappa shape index (κ2) is 13.5. The summed E-state index contributed by atoms with van der Waals surface area (Å²) in [5, 5.41) is 2.88. The fourth-order valence-electron chi connectivity index (χ4n) is 3.83. The van der Waals surface area contributed by atoms with Crippen molar-refractivity contribution in [1.82, 2.24) is 10.2 Å². The smallest absolute Gasteiger partial charge is 0.242 e. The Labute approximate surface area is 198 Å². The van der Waals surface area contributed by atoms with Crippen LogP contribution in [0.3, 0.4) is 0 Å². The summed E-state index contributed by atoms with van der Waals surface area (Å²) in [4.78, 5) is 27.9. The zero-order valence-corrected chi connectivity index (χ0v) is 20.6. The number of likely N-dealkylation sites (N-methyl/N-ethyl adjacent to an activating group) is 1. The van der Waals surface area contributed by atoms with Gasteiger partial charge in [0.15, 0.2) is 11.5 Å². The highest BCUT2D eigenvalue weighted by Crippen LogP contribution is 2.29. The Bertz CT molecular complexity index is 913. The van der Waals surface area contributed by atoms with E-state index in [1.165, 1.54) is 0 Å². The molecule has 2 amide bonds. The van der Waals surface area contributed by atoms with Crippen molar-refractivity contribution in [3.63, 3.8) is 0 Å². The van der Waals surface area contributed by atoms with Crippen molar-refractivity contribution in [2.75, 3.05) is 19.8 Å². The number of nitrogens with one attached hydrogen (secondary N) is 1. The van der Waals surface area contributed by atoms with Crippen LogP contribution in [-0.2, 0) is 22.6 Å². The normalized spacial score (nSPS) is 11.5. The molecule has 0 spiro atoms. The van der Waals surface area contributed by atoms with E-state index in [1.54, 1.807) is 4.90 Å². The average Bonchev–Trinajstić information content (AvgIpc) is 2.80. The third kappa shape index (κ3) is 7.52. The maximum absolute atomic E-state index is 13.4. The molecule has 0 heterocycles. The number of nitrogens with zero attached hydrogens (tertiary/aromatic N) is 1. The van der Waals surface area contributed by atoms with E-state index in [4.69, 9.17) is 9.47 Å². The van der Waals surface area contributed by atoms with Gasteiger partial charge < -0.3 is 19.7 Å². The van der Waals surface area contributed by atoms with Crippen LogP contribution in [0.4, 0.5) is 0 Å². The molecule has 1 N–H and O–H groups in total. The molecule has 0 aromatic heterocycles. The van der Waals surface area contributed by atoms with Gasteiger partial charge in [-0.3, -0.25) is 9.59 Å². The van der Waals surface area contributed by atoms with E-state index in [1.807, 2.05) is 77.1 Å². The molecule has 0 saturated carbocycles. The van der Waals surface area contributed by atoms with E-state index in [0.717, 1.165) is 16.7 Å². The molecule has 0 unspecified atom stereocenters. The lowest BCUT2D eigenvalue weighted by molar-refractivity contribution is -0.141. The largest absolute Gasteiger partial charge is 0.490 e. The van der Waals surface area contributed by atoms with Crippen LogP contribution >= 0.6 is 0 Å². The summed E-state index contributed by atoms with van der Waals surface area (Å²) in [6.45, 7) is 11.8. The molecule has 33 heavy (non-hydrogen) atoms. The highest BCUT2D eigenvalue weighted by molar-refractivity contribution is 5.87.